The van der Waals surface area contributed by atoms with E-state index < -0.39 is 6.04 Å². The Hall–Kier alpha value is -7.82. The highest BCUT2D eigenvalue weighted by Crippen LogP contribution is 2.43. The molecule has 0 saturated carbocycles. The van der Waals surface area contributed by atoms with Crippen LogP contribution in [0, 0.1) is 0 Å². The second-order valence-corrected chi connectivity index (χ2v) is 14.2. The molecule has 0 atom stereocenters. The summed E-state index contributed by atoms with van der Waals surface area (Å²) in [6.45, 7) is 0. The fourth-order valence-electron chi connectivity index (χ4n) is 8.24. The van der Waals surface area contributed by atoms with Gasteiger partial charge < -0.3 is 18.8 Å². The molecule has 274 valence electrons. The lowest BCUT2D eigenvalue weighted by molar-refractivity contribution is 0.669. The van der Waals surface area contributed by atoms with Crippen LogP contribution in [-0.4, -0.2) is 4.57 Å². The van der Waals surface area contributed by atoms with Gasteiger partial charge in [-0.2, -0.15) is 0 Å². The van der Waals surface area contributed by atoms with Crippen LogP contribution in [0.25, 0.3) is 60.6 Å². The molecule has 0 aliphatic heterocycles. The van der Waals surface area contributed by atoms with Gasteiger partial charge >= 0.3 is 0 Å². The van der Waals surface area contributed by atoms with Crippen LogP contribution in [0.5, 0.6) is 0 Å². The number of anilines is 6. The van der Waals surface area contributed by atoms with Gasteiger partial charge in [0.05, 0.1) is 17.9 Å². The number of fused-ring (bicyclic) bond motifs is 6. The Labute approximate surface area is 343 Å². The number of para-hydroxylation sites is 5. The molecule has 11 rings (SSSR count). The predicted octanol–water partition coefficient (Wildman–Crippen LogP) is 15.3. The molecule has 2 aromatic heterocycles. The van der Waals surface area contributed by atoms with Gasteiger partial charge in [0, 0.05) is 61.4 Å². The van der Waals surface area contributed by atoms with Crippen molar-refractivity contribution in [1.82, 2.24) is 4.57 Å². The van der Waals surface area contributed by atoms with Crippen LogP contribution in [-0.2, 0) is 0 Å². The van der Waals surface area contributed by atoms with Gasteiger partial charge in [0.2, 0.25) is 0 Å². The lowest BCUT2D eigenvalue weighted by atomic mass is 10.0. The van der Waals surface area contributed by atoms with Crippen molar-refractivity contribution in [1.29, 1.82) is 0 Å². The summed E-state index contributed by atoms with van der Waals surface area (Å²) in [5.74, 6) is 0. The molecule has 0 saturated heterocycles. The average Bonchev–Trinajstić information content (AvgIpc) is 3.87. The number of rotatable bonds is 8. The zero-order valence-electron chi connectivity index (χ0n) is 36.2. The van der Waals surface area contributed by atoms with E-state index in [2.05, 4.69) is 143 Å². The Morgan fingerprint density at radius 2 is 0.914 bits per heavy atom. The van der Waals surface area contributed by atoms with Crippen molar-refractivity contribution in [3.63, 3.8) is 0 Å². The van der Waals surface area contributed by atoms with E-state index in [1.165, 1.54) is 0 Å². The van der Waals surface area contributed by atoms with Crippen molar-refractivity contribution in [2.45, 2.75) is 0 Å². The molecule has 0 aliphatic rings. The molecule has 0 aliphatic carbocycles. The van der Waals surface area contributed by atoms with Gasteiger partial charge in [-0.05, 0) is 114 Å². The van der Waals surface area contributed by atoms with Crippen molar-refractivity contribution < 1.29 is 11.3 Å². The van der Waals surface area contributed by atoms with E-state index in [4.69, 9.17) is 11.3 Å². The van der Waals surface area contributed by atoms with Crippen LogP contribution in [0.4, 0.5) is 34.1 Å². The summed E-state index contributed by atoms with van der Waals surface area (Å²) in [6.07, 6.45) is 0. The summed E-state index contributed by atoms with van der Waals surface area (Å²) in [6, 6.07) is 64.5. The van der Waals surface area contributed by atoms with Crippen LogP contribution in [0.15, 0.2) is 229 Å². The van der Waals surface area contributed by atoms with E-state index in [9.17, 15) is 0 Å². The van der Waals surface area contributed by atoms with Crippen LogP contribution in [0.1, 0.15) is 6.85 Å². The van der Waals surface area contributed by atoms with Crippen LogP contribution < -0.4 is 9.80 Å². The molecule has 0 bridgehead atoms. The summed E-state index contributed by atoms with van der Waals surface area (Å²) in [4.78, 5) is 4.53. The van der Waals surface area contributed by atoms with Crippen molar-refractivity contribution >= 4 is 77.9 Å². The maximum Gasteiger partial charge on any atom is 0.135 e. The van der Waals surface area contributed by atoms with E-state index in [0.29, 0.717) is 0 Å². The predicted molar refractivity (Wildman–Crippen MR) is 243 cm³/mol. The first kappa shape index (κ1) is 28.6. The van der Waals surface area contributed by atoms with E-state index in [-0.39, 0.29) is 29.9 Å². The third-order valence-corrected chi connectivity index (χ3v) is 10.8. The molecule has 4 nitrogen and oxygen atoms in total. The minimum absolute atomic E-state index is 0.117. The normalized spacial score (nSPS) is 12.7. The van der Waals surface area contributed by atoms with Gasteiger partial charge in [-0.3, -0.25) is 0 Å². The molecule has 0 radical (unpaired) electrons. The number of hydrogen-bond donors (Lipinski definition) is 0. The number of hydrogen-bond acceptors (Lipinski definition) is 3. The molecule has 0 fully saturated rings. The van der Waals surface area contributed by atoms with E-state index in [1.54, 1.807) is 0 Å². The molecule has 0 unspecified atom stereocenters. The summed E-state index contributed by atoms with van der Waals surface area (Å²) in [5, 5.41) is 3.89. The van der Waals surface area contributed by atoms with Gasteiger partial charge in [-0.1, -0.05) is 121 Å². The molecule has 58 heavy (non-hydrogen) atoms. The summed E-state index contributed by atoms with van der Waals surface area (Å²) >= 11 is 0. The summed E-state index contributed by atoms with van der Waals surface area (Å²) in [5.41, 5.74) is 11.0. The SMILES string of the molecule is [2H]c1c([2H])c([2H])c(-n2c3ccccc3c3ccc(-c4cccc(N(c5cccc(N(c6ccccc6)c6ccccc6)c5)c5ccc6oc7ccccc7c6c5)c4)cc32)c([2H])c1[2H]. The van der Waals surface area contributed by atoms with Crippen molar-refractivity contribution in [3.05, 3.63) is 224 Å². The monoisotopic (exact) mass is 748 g/mol. The second-order valence-electron chi connectivity index (χ2n) is 14.2. The van der Waals surface area contributed by atoms with E-state index in [1.807, 2.05) is 65.2 Å². The van der Waals surface area contributed by atoms with Crippen LogP contribution in [0.3, 0.4) is 0 Å². The average molecular weight is 749 g/mol. The maximum atomic E-state index is 8.93. The lowest BCUT2D eigenvalue weighted by Gasteiger charge is -2.29. The largest absolute Gasteiger partial charge is 0.456 e. The maximum absolute atomic E-state index is 8.93. The highest BCUT2D eigenvalue weighted by molar-refractivity contribution is 6.10. The molecule has 2 heterocycles. The fraction of sp³-hybridized carbons (Fsp3) is 0. The third kappa shape index (κ3) is 5.78. The van der Waals surface area contributed by atoms with Gasteiger partial charge in [0.1, 0.15) is 11.2 Å². The Kier molecular flexibility index (Phi) is 6.91. The number of benzene rings is 9. The van der Waals surface area contributed by atoms with Gasteiger partial charge in [0.15, 0.2) is 0 Å². The first-order valence-electron chi connectivity index (χ1n) is 21.8. The zero-order valence-corrected chi connectivity index (χ0v) is 31.2. The Bertz CT molecular complexity index is 3480. The minimum atomic E-state index is -0.421. The Morgan fingerprint density at radius 1 is 0.362 bits per heavy atom. The molecule has 11 aromatic rings. The number of furan rings is 1. The Balaban J connectivity index is 1.10. The molecule has 0 N–H and O–H groups in total. The van der Waals surface area contributed by atoms with Gasteiger partial charge in [0.25, 0.3) is 0 Å². The first-order chi connectivity index (χ1) is 30.8. The van der Waals surface area contributed by atoms with E-state index >= 15 is 0 Å². The molecule has 9 aromatic carbocycles. The van der Waals surface area contributed by atoms with Gasteiger partial charge in [-0.15, -0.1) is 0 Å². The molecule has 4 heteroatoms. The fourth-order valence-corrected chi connectivity index (χ4v) is 8.24. The molecular formula is C54H37N3O. The standard InChI is InChI=1S/C54H37N3O/c1-4-17-40(18-5-1)55(41-19-6-2-7-20-41)44-24-15-25-45(36-44)56(46-31-33-54-50(37-46)49-27-11-13-29-53(49)58-54)43-23-14-16-38(34-43)39-30-32-48-47-26-10-12-28-51(47)57(52(48)35-39)42-21-8-3-9-22-42/h1-37H/i3D,8D,9D,21D,22D. The van der Waals surface area contributed by atoms with Gasteiger partial charge in [-0.25, -0.2) is 0 Å². The molecular weight excluding hydrogens is 707 g/mol. The molecule has 0 spiro atoms. The zero-order chi connectivity index (χ0) is 42.8. The number of nitrogens with zero attached hydrogens (tertiary/aromatic N) is 3. The summed E-state index contributed by atoms with van der Waals surface area (Å²) < 4.78 is 51.2. The lowest BCUT2D eigenvalue weighted by Crippen LogP contribution is -2.13. The Morgan fingerprint density at radius 3 is 1.67 bits per heavy atom. The highest BCUT2D eigenvalue weighted by Gasteiger charge is 2.20. The topological polar surface area (TPSA) is 24.6 Å². The molecule has 0 amide bonds. The van der Waals surface area contributed by atoms with Crippen molar-refractivity contribution in [2.24, 2.45) is 0 Å². The van der Waals surface area contributed by atoms with Crippen molar-refractivity contribution in [3.8, 4) is 16.8 Å². The third-order valence-electron chi connectivity index (χ3n) is 10.8. The number of aromatic nitrogens is 1. The highest BCUT2D eigenvalue weighted by atomic mass is 16.3. The van der Waals surface area contributed by atoms with E-state index in [0.717, 1.165) is 89.0 Å². The first-order valence-corrected chi connectivity index (χ1v) is 19.3. The van der Waals surface area contributed by atoms with Crippen LogP contribution >= 0.6 is 0 Å². The minimum Gasteiger partial charge on any atom is -0.456 e. The second kappa shape index (κ2) is 14.0. The summed E-state index contributed by atoms with van der Waals surface area (Å²) in [7, 11) is 0. The quantitative estimate of drug-likeness (QED) is 0.155. The smallest absolute Gasteiger partial charge is 0.135 e. The van der Waals surface area contributed by atoms with Crippen molar-refractivity contribution in [2.75, 3.05) is 9.80 Å². The van der Waals surface area contributed by atoms with Crippen LogP contribution in [0.2, 0.25) is 0 Å².